The van der Waals surface area contributed by atoms with Crippen molar-refractivity contribution in [3.05, 3.63) is 60.0 Å². The number of fused-ring (bicyclic) bond motifs is 1. The Kier molecular flexibility index (Phi) is 4.91. The van der Waals surface area contributed by atoms with E-state index in [0.29, 0.717) is 30.1 Å². The van der Waals surface area contributed by atoms with E-state index < -0.39 is 16.0 Å². The minimum atomic E-state index is -3.67. The molecular formula is C20H20N2O5S. The summed E-state index contributed by atoms with van der Waals surface area (Å²) in [5.74, 6) is -0.0228. The van der Waals surface area contributed by atoms with Crippen LogP contribution in [0.4, 0.5) is 0 Å². The number of ether oxygens (including phenoxy) is 1. The zero-order valence-corrected chi connectivity index (χ0v) is 16.2. The van der Waals surface area contributed by atoms with Crippen molar-refractivity contribution in [3.8, 4) is 0 Å². The summed E-state index contributed by atoms with van der Waals surface area (Å²) in [4.78, 5) is 16.2. The molecule has 1 aromatic heterocycles. The number of piperidine rings is 1. The molecule has 2 aromatic carbocycles. The van der Waals surface area contributed by atoms with Gasteiger partial charge in [0.25, 0.3) is 0 Å². The number of carbonyl (C=O) groups excluding carboxylic acids is 1. The van der Waals surface area contributed by atoms with Gasteiger partial charge in [0.15, 0.2) is 11.5 Å². The SMILES string of the molecule is COC(=O)c1ccc(S(=O)(=O)N2CCC[C@@H](c3nc4ccccc4o3)C2)cc1. The highest BCUT2D eigenvalue weighted by Gasteiger charge is 2.33. The van der Waals surface area contributed by atoms with E-state index in [-0.39, 0.29) is 10.8 Å². The predicted octanol–water partition coefficient (Wildman–Crippen LogP) is 3.18. The van der Waals surface area contributed by atoms with Crippen molar-refractivity contribution in [2.75, 3.05) is 20.2 Å². The lowest BCUT2D eigenvalue weighted by atomic mass is 10.00. The van der Waals surface area contributed by atoms with Crippen molar-refractivity contribution in [1.82, 2.24) is 9.29 Å². The highest BCUT2D eigenvalue weighted by molar-refractivity contribution is 7.89. The molecule has 0 saturated carbocycles. The smallest absolute Gasteiger partial charge is 0.337 e. The second-order valence-electron chi connectivity index (χ2n) is 6.74. The Balaban J connectivity index is 1.57. The Bertz CT molecular complexity index is 1070. The number of methoxy groups -OCH3 is 1. The molecule has 8 heteroatoms. The minimum absolute atomic E-state index is 0.0923. The molecule has 1 saturated heterocycles. The molecule has 0 radical (unpaired) electrons. The lowest BCUT2D eigenvalue weighted by molar-refractivity contribution is 0.0600. The van der Waals surface area contributed by atoms with Crippen LogP contribution < -0.4 is 0 Å². The van der Waals surface area contributed by atoms with E-state index in [0.717, 1.165) is 18.4 Å². The standard InChI is InChI=1S/C20H20N2O5S/c1-26-20(23)14-8-10-16(11-9-14)28(24,25)22-12-4-5-15(13-22)19-21-17-6-2-3-7-18(17)27-19/h2-3,6-11,15H,4-5,12-13H2,1H3/t15-/m1/s1. The van der Waals surface area contributed by atoms with Gasteiger partial charge in [0.2, 0.25) is 10.0 Å². The maximum absolute atomic E-state index is 13.0. The number of carbonyl (C=O) groups is 1. The molecule has 1 atom stereocenters. The number of esters is 1. The van der Waals surface area contributed by atoms with Crippen LogP contribution in [0.5, 0.6) is 0 Å². The number of benzene rings is 2. The molecule has 146 valence electrons. The van der Waals surface area contributed by atoms with Gasteiger partial charge in [-0.15, -0.1) is 0 Å². The summed E-state index contributed by atoms with van der Waals surface area (Å²) < 4.78 is 38.0. The van der Waals surface area contributed by atoms with E-state index in [1.165, 1.54) is 35.7 Å². The maximum Gasteiger partial charge on any atom is 0.337 e. The molecule has 0 bridgehead atoms. The van der Waals surface area contributed by atoms with Gasteiger partial charge in [-0.25, -0.2) is 18.2 Å². The molecule has 1 fully saturated rings. The number of nitrogens with zero attached hydrogens (tertiary/aromatic N) is 2. The third kappa shape index (κ3) is 3.41. The van der Waals surface area contributed by atoms with Crippen molar-refractivity contribution in [1.29, 1.82) is 0 Å². The quantitative estimate of drug-likeness (QED) is 0.625. The van der Waals surface area contributed by atoms with Crippen LogP contribution in [0.25, 0.3) is 11.1 Å². The molecule has 2 heterocycles. The summed E-state index contributed by atoms with van der Waals surface area (Å²) in [6.45, 7) is 0.756. The van der Waals surface area contributed by atoms with Crippen molar-refractivity contribution < 1.29 is 22.4 Å². The molecular weight excluding hydrogens is 380 g/mol. The lowest BCUT2D eigenvalue weighted by Gasteiger charge is -2.30. The summed E-state index contributed by atoms with van der Waals surface area (Å²) in [5, 5.41) is 0. The van der Waals surface area contributed by atoms with Gasteiger partial charge in [-0.1, -0.05) is 12.1 Å². The van der Waals surface area contributed by atoms with Gasteiger partial charge in [0, 0.05) is 19.0 Å². The fourth-order valence-electron chi connectivity index (χ4n) is 3.46. The predicted molar refractivity (Wildman–Crippen MR) is 103 cm³/mol. The Labute approximate surface area is 163 Å². The second kappa shape index (κ2) is 7.37. The van der Waals surface area contributed by atoms with Crippen molar-refractivity contribution in [2.45, 2.75) is 23.7 Å². The van der Waals surface area contributed by atoms with E-state index >= 15 is 0 Å². The maximum atomic E-state index is 13.0. The molecule has 1 aliphatic heterocycles. The van der Waals surface area contributed by atoms with Crippen LogP contribution in [-0.2, 0) is 14.8 Å². The van der Waals surface area contributed by atoms with Crippen LogP contribution >= 0.6 is 0 Å². The first-order chi connectivity index (χ1) is 13.5. The Hall–Kier alpha value is -2.71. The van der Waals surface area contributed by atoms with Crippen LogP contribution in [0.3, 0.4) is 0 Å². The number of rotatable bonds is 4. The van der Waals surface area contributed by atoms with Gasteiger partial charge in [0.05, 0.1) is 17.6 Å². The molecule has 0 N–H and O–H groups in total. The van der Waals surface area contributed by atoms with Crippen LogP contribution in [0.1, 0.15) is 35.0 Å². The molecule has 7 nitrogen and oxygen atoms in total. The van der Waals surface area contributed by atoms with Crippen LogP contribution in [0.2, 0.25) is 0 Å². The monoisotopic (exact) mass is 400 g/mol. The number of hydrogen-bond donors (Lipinski definition) is 0. The average molecular weight is 400 g/mol. The Morgan fingerprint density at radius 2 is 1.93 bits per heavy atom. The molecule has 0 spiro atoms. The topological polar surface area (TPSA) is 89.7 Å². The Morgan fingerprint density at radius 1 is 1.18 bits per heavy atom. The van der Waals surface area contributed by atoms with Crippen LogP contribution in [0, 0.1) is 0 Å². The molecule has 3 aromatic rings. The number of aromatic nitrogens is 1. The minimum Gasteiger partial charge on any atom is -0.465 e. The van der Waals surface area contributed by atoms with Crippen LogP contribution in [0.15, 0.2) is 57.8 Å². The summed E-state index contributed by atoms with van der Waals surface area (Å²) in [7, 11) is -2.39. The first kappa shape index (κ1) is 18.6. The molecule has 4 rings (SSSR count). The van der Waals surface area contributed by atoms with Gasteiger partial charge in [-0.3, -0.25) is 0 Å². The normalized spacial score (nSPS) is 18.2. The summed E-state index contributed by atoms with van der Waals surface area (Å²) >= 11 is 0. The van der Waals surface area contributed by atoms with E-state index in [2.05, 4.69) is 9.72 Å². The van der Waals surface area contributed by atoms with Crippen molar-refractivity contribution >= 4 is 27.1 Å². The zero-order valence-electron chi connectivity index (χ0n) is 15.4. The van der Waals surface area contributed by atoms with Gasteiger partial charge < -0.3 is 9.15 Å². The van der Waals surface area contributed by atoms with Crippen molar-refractivity contribution in [2.24, 2.45) is 0 Å². The highest BCUT2D eigenvalue weighted by atomic mass is 32.2. The number of sulfonamides is 1. The summed E-state index contributed by atoms with van der Waals surface area (Å²) in [6, 6.07) is 13.3. The van der Waals surface area contributed by atoms with Crippen LogP contribution in [-0.4, -0.2) is 43.9 Å². The number of hydrogen-bond acceptors (Lipinski definition) is 6. The molecule has 0 amide bonds. The van der Waals surface area contributed by atoms with E-state index in [1.54, 1.807) is 0 Å². The third-order valence-corrected chi connectivity index (χ3v) is 6.84. The van der Waals surface area contributed by atoms with E-state index in [1.807, 2.05) is 24.3 Å². The lowest BCUT2D eigenvalue weighted by Crippen LogP contribution is -2.39. The van der Waals surface area contributed by atoms with Gasteiger partial charge in [-0.05, 0) is 49.2 Å². The Morgan fingerprint density at radius 3 is 2.64 bits per heavy atom. The molecule has 28 heavy (non-hydrogen) atoms. The molecule has 1 aliphatic rings. The molecule has 0 unspecified atom stereocenters. The highest BCUT2D eigenvalue weighted by Crippen LogP contribution is 2.31. The summed E-state index contributed by atoms with van der Waals surface area (Å²) in [5.41, 5.74) is 1.79. The number of oxazole rings is 1. The first-order valence-electron chi connectivity index (χ1n) is 9.03. The van der Waals surface area contributed by atoms with Gasteiger partial charge >= 0.3 is 5.97 Å². The van der Waals surface area contributed by atoms with Gasteiger partial charge in [0.1, 0.15) is 5.52 Å². The van der Waals surface area contributed by atoms with E-state index in [9.17, 15) is 13.2 Å². The van der Waals surface area contributed by atoms with Crippen molar-refractivity contribution in [3.63, 3.8) is 0 Å². The second-order valence-corrected chi connectivity index (χ2v) is 8.68. The van der Waals surface area contributed by atoms with E-state index in [4.69, 9.17) is 4.42 Å². The fourth-order valence-corrected chi connectivity index (χ4v) is 4.98. The summed E-state index contributed by atoms with van der Waals surface area (Å²) in [6.07, 6.45) is 1.54. The zero-order chi connectivity index (χ0) is 19.7. The fraction of sp³-hybridized carbons (Fsp3) is 0.300. The largest absolute Gasteiger partial charge is 0.465 e. The number of para-hydroxylation sites is 2. The van der Waals surface area contributed by atoms with Gasteiger partial charge in [-0.2, -0.15) is 4.31 Å². The first-order valence-corrected chi connectivity index (χ1v) is 10.5. The molecule has 0 aliphatic carbocycles. The average Bonchev–Trinajstić information content (AvgIpc) is 3.18. The third-order valence-electron chi connectivity index (χ3n) is 4.96.